The molecule has 32 heavy (non-hydrogen) atoms. The molecular weight excluding hydrogens is 410 g/mol. The van der Waals surface area contributed by atoms with E-state index in [1.807, 2.05) is 37.3 Å². The zero-order valence-electron chi connectivity index (χ0n) is 18.4. The molecule has 3 rings (SSSR count). The van der Waals surface area contributed by atoms with Crippen molar-refractivity contribution < 1.29 is 23.7 Å². The van der Waals surface area contributed by atoms with Gasteiger partial charge in [-0.2, -0.15) is 0 Å². The maximum atomic E-state index is 12.2. The van der Waals surface area contributed by atoms with Gasteiger partial charge in [-0.1, -0.05) is 0 Å². The summed E-state index contributed by atoms with van der Waals surface area (Å²) >= 11 is 0. The lowest BCUT2D eigenvalue weighted by Gasteiger charge is -2.15. The Balaban J connectivity index is 1.39. The van der Waals surface area contributed by atoms with Crippen LogP contribution in [0.3, 0.4) is 0 Å². The largest absolute Gasteiger partial charge is 0.497 e. The van der Waals surface area contributed by atoms with Crippen LogP contribution in [0.4, 0.5) is 0 Å². The zero-order chi connectivity index (χ0) is 22.8. The van der Waals surface area contributed by atoms with Gasteiger partial charge in [0.1, 0.15) is 23.9 Å². The second kappa shape index (κ2) is 11.5. The molecule has 0 saturated heterocycles. The van der Waals surface area contributed by atoms with Crippen molar-refractivity contribution in [3.8, 4) is 34.4 Å². The fourth-order valence-electron chi connectivity index (χ4n) is 2.83. The van der Waals surface area contributed by atoms with E-state index in [1.54, 1.807) is 44.4 Å². The molecule has 0 fully saturated rings. The van der Waals surface area contributed by atoms with Crippen molar-refractivity contribution in [3.05, 3.63) is 60.7 Å². The summed E-state index contributed by atoms with van der Waals surface area (Å²) in [6.07, 6.45) is -0.642. The monoisotopic (exact) mass is 437 g/mol. The standard InChI is InChI=1S/C24H27N3O5/c1-4-30-20-9-11-21(12-10-20)32-17(2)24(28)25-15-16-31-23-14-13-22(26-27-23)18-5-7-19(29-3)8-6-18/h5-14,17H,4,15-16H2,1-3H3,(H,25,28). The topological polar surface area (TPSA) is 91.8 Å². The van der Waals surface area contributed by atoms with Gasteiger partial charge in [0.2, 0.25) is 5.88 Å². The molecule has 1 aromatic heterocycles. The van der Waals surface area contributed by atoms with E-state index in [0.717, 1.165) is 22.8 Å². The smallest absolute Gasteiger partial charge is 0.260 e. The second-order valence-electron chi connectivity index (χ2n) is 6.79. The SMILES string of the molecule is CCOc1ccc(OC(C)C(=O)NCCOc2ccc(-c3ccc(OC)cc3)nn2)cc1. The van der Waals surface area contributed by atoms with Gasteiger partial charge in [0.15, 0.2) is 6.10 Å². The molecular formula is C24H27N3O5. The average Bonchev–Trinajstić information content (AvgIpc) is 2.83. The maximum absolute atomic E-state index is 12.2. The molecule has 0 bridgehead atoms. The highest BCUT2D eigenvalue weighted by atomic mass is 16.5. The third kappa shape index (κ3) is 6.60. The summed E-state index contributed by atoms with van der Waals surface area (Å²) in [5, 5.41) is 11.0. The van der Waals surface area contributed by atoms with Crippen molar-refractivity contribution in [1.29, 1.82) is 0 Å². The number of methoxy groups -OCH3 is 1. The summed E-state index contributed by atoms with van der Waals surface area (Å²) in [6, 6.07) is 18.3. The van der Waals surface area contributed by atoms with E-state index >= 15 is 0 Å². The fourth-order valence-corrected chi connectivity index (χ4v) is 2.83. The molecule has 168 valence electrons. The normalized spacial score (nSPS) is 11.3. The maximum Gasteiger partial charge on any atom is 0.260 e. The van der Waals surface area contributed by atoms with Crippen molar-refractivity contribution in [2.45, 2.75) is 20.0 Å². The Labute approximate surface area is 187 Å². The summed E-state index contributed by atoms with van der Waals surface area (Å²) in [6.45, 7) is 4.79. The molecule has 3 aromatic rings. The number of hydrogen-bond acceptors (Lipinski definition) is 7. The van der Waals surface area contributed by atoms with E-state index in [4.69, 9.17) is 18.9 Å². The molecule has 1 atom stereocenters. The Morgan fingerprint density at radius 1 is 0.906 bits per heavy atom. The lowest BCUT2D eigenvalue weighted by atomic mass is 10.1. The Morgan fingerprint density at radius 2 is 1.59 bits per heavy atom. The third-order valence-corrected chi connectivity index (χ3v) is 4.49. The van der Waals surface area contributed by atoms with E-state index in [-0.39, 0.29) is 12.5 Å². The molecule has 0 radical (unpaired) electrons. The number of carbonyl (C=O) groups is 1. The van der Waals surface area contributed by atoms with Crippen molar-refractivity contribution in [2.75, 3.05) is 26.9 Å². The molecule has 0 spiro atoms. The van der Waals surface area contributed by atoms with Gasteiger partial charge in [0.05, 0.1) is 26.0 Å². The van der Waals surface area contributed by atoms with Crippen LogP contribution in [0.25, 0.3) is 11.3 Å². The van der Waals surface area contributed by atoms with E-state index in [1.165, 1.54) is 0 Å². The minimum Gasteiger partial charge on any atom is -0.497 e. The van der Waals surface area contributed by atoms with Gasteiger partial charge in [0.25, 0.3) is 5.91 Å². The third-order valence-electron chi connectivity index (χ3n) is 4.49. The van der Waals surface area contributed by atoms with E-state index in [2.05, 4.69) is 15.5 Å². The van der Waals surface area contributed by atoms with Crippen molar-refractivity contribution in [1.82, 2.24) is 15.5 Å². The lowest BCUT2D eigenvalue weighted by Crippen LogP contribution is -2.38. The van der Waals surface area contributed by atoms with Crippen LogP contribution in [0, 0.1) is 0 Å². The van der Waals surface area contributed by atoms with Crippen LogP contribution >= 0.6 is 0 Å². The van der Waals surface area contributed by atoms with Gasteiger partial charge in [-0.15, -0.1) is 10.2 Å². The number of nitrogens with one attached hydrogen (secondary N) is 1. The van der Waals surface area contributed by atoms with Gasteiger partial charge >= 0.3 is 0 Å². The van der Waals surface area contributed by atoms with Crippen molar-refractivity contribution >= 4 is 5.91 Å². The Bertz CT molecular complexity index is 976. The van der Waals surface area contributed by atoms with Gasteiger partial charge in [-0.25, -0.2) is 0 Å². The van der Waals surface area contributed by atoms with Crippen LogP contribution in [0.2, 0.25) is 0 Å². The van der Waals surface area contributed by atoms with Crippen molar-refractivity contribution in [3.63, 3.8) is 0 Å². The summed E-state index contributed by atoms with van der Waals surface area (Å²) in [5.41, 5.74) is 1.66. The number of carbonyl (C=O) groups excluding carboxylic acids is 1. The van der Waals surface area contributed by atoms with Gasteiger partial charge in [-0.3, -0.25) is 4.79 Å². The first-order valence-corrected chi connectivity index (χ1v) is 10.4. The number of aromatic nitrogens is 2. The van der Waals surface area contributed by atoms with Crippen LogP contribution in [-0.2, 0) is 4.79 Å². The molecule has 1 heterocycles. The zero-order valence-corrected chi connectivity index (χ0v) is 18.4. The highest BCUT2D eigenvalue weighted by Gasteiger charge is 2.14. The Kier molecular flexibility index (Phi) is 8.25. The fraction of sp³-hybridized carbons (Fsp3) is 0.292. The highest BCUT2D eigenvalue weighted by Crippen LogP contribution is 2.21. The molecule has 1 N–H and O–H groups in total. The Morgan fingerprint density at radius 3 is 2.22 bits per heavy atom. The van der Waals surface area contributed by atoms with E-state index < -0.39 is 6.10 Å². The average molecular weight is 437 g/mol. The molecule has 2 aromatic carbocycles. The second-order valence-corrected chi connectivity index (χ2v) is 6.79. The number of nitrogens with zero attached hydrogens (tertiary/aromatic N) is 2. The predicted octanol–water partition coefficient (Wildman–Crippen LogP) is 3.51. The molecule has 8 nitrogen and oxygen atoms in total. The quantitative estimate of drug-likeness (QED) is 0.459. The number of rotatable bonds is 11. The molecule has 8 heteroatoms. The minimum atomic E-state index is -0.642. The number of benzene rings is 2. The first kappa shape index (κ1) is 22.9. The van der Waals surface area contributed by atoms with Gasteiger partial charge < -0.3 is 24.3 Å². The molecule has 0 aliphatic heterocycles. The van der Waals surface area contributed by atoms with Gasteiger partial charge in [-0.05, 0) is 68.4 Å². The molecule has 1 amide bonds. The molecule has 0 aliphatic rings. The summed E-state index contributed by atoms with van der Waals surface area (Å²) in [7, 11) is 1.62. The van der Waals surface area contributed by atoms with Crippen LogP contribution < -0.4 is 24.3 Å². The van der Waals surface area contributed by atoms with E-state index in [9.17, 15) is 4.79 Å². The number of hydrogen-bond donors (Lipinski definition) is 1. The van der Waals surface area contributed by atoms with Crippen LogP contribution in [-0.4, -0.2) is 49.1 Å². The summed E-state index contributed by atoms with van der Waals surface area (Å²) < 4.78 is 21.8. The first-order chi connectivity index (χ1) is 15.6. The van der Waals surface area contributed by atoms with Gasteiger partial charge in [0, 0.05) is 11.6 Å². The molecule has 1 unspecified atom stereocenters. The number of ether oxygens (including phenoxy) is 4. The summed E-state index contributed by atoms with van der Waals surface area (Å²) in [4.78, 5) is 12.2. The lowest BCUT2D eigenvalue weighted by molar-refractivity contribution is -0.127. The minimum absolute atomic E-state index is 0.233. The van der Waals surface area contributed by atoms with Crippen molar-refractivity contribution in [2.24, 2.45) is 0 Å². The molecule has 0 aliphatic carbocycles. The summed E-state index contributed by atoms with van der Waals surface area (Å²) in [5.74, 6) is 2.29. The molecule has 0 saturated carbocycles. The number of amides is 1. The predicted molar refractivity (Wildman–Crippen MR) is 120 cm³/mol. The van der Waals surface area contributed by atoms with Crippen LogP contribution in [0.5, 0.6) is 23.1 Å². The highest BCUT2D eigenvalue weighted by molar-refractivity contribution is 5.80. The van der Waals surface area contributed by atoms with Crippen LogP contribution in [0.15, 0.2) is 60.7 Å². The Hall–Kier alpha value is -3.81. The first-order valence-electron chi connectivity index (χ1n) is 10.4. The van der Waals surface area contributed by atoms with Crippen LogP contribution in [0.1, 0.15) is 13.8 Å². The van der Waals surface area contributed by atoms with E-state index in [0.29, 0.717) is 24.8 Å².